The molecular weight excluding hydrogens is 434 g/mol. The predicted molar refractivity (Wildman–Crippen MR) is 115 cm³/mol. The van der Waals surface area contributed by atoms with Crippen molar-refractivity contribution in [2.75, 3.05) is 0 Å². The second-order valence-electron chi connectivity index (χ2n) is 8.00. The van der Waals surface area contributed by atoms with E-state index < -0.39 is 21.9 Å². The first-order valence-electron chi connectivity index (χ1n) is 10.2. The molecule has 3 unspecified atom stereocenters. The Balaban J connectivity index is 1.50. The first-order chi connectivity index (χ1) is 15.3. The summed E-state index contributed by atoms with van der Waals surface area (Å²) >= 11 is 0. The summed E-state index contributed by atoms with van der Waals surface area (Å²) in [5, 5.41) is 21.5. The maximum atomic E-state index is 13.1. The Hall–Kier alpha value is -3.14. The zero-order chi connectivity index (χ0) is 22.5. The van der Waals surface area contributed by atoms with Crippen LogP contribution in [0.3, 0.4) is 0 Å². The summed E-state index contributed by atoms with van der Waals surface area (Å²) in [6, 6.07) is 16.3. The fourth-order valence-corrected chi connectivity index (χ4v) is 5.88. The minimum Gasteiger partial charge on any atom is -0.486 e. The summed E-state index contributed by atoms with van der Waals surface area (Å²) in [7, 11) is -4.49. The summed E-state index contributed by atoms with van der Waals surface area (Å²) in [5.74, 6) is -4.67. The third-order valence-electron chi connectivity index (χ3n) is 5.99. The Bertz CT molecular complexity index is 1320. The Morgan fingerprint density at radius 1 is 1.06 bits per heavy atom. The molecule has 1 aliphatic carbocycles. The van der Waals surface area contributed by atoms with Gasteiger partial charge in [0.25, 0.3) is 0 Å². The molecule has 5 rings (SSSR count). The molecule has 1 fully saturated rings. The summed E-state index contributed by atoms with van der Waals surface area (Å²) < 4.78 is 39.4. The molecule has 3 aromatic carbocycles. The van der Waals surface area contributed by atoms with Crippen LogP contribution in [-0.2, 0) is 14.8 Å². The van der Waals surface area contributed by atoms with Gasteiger partial charge in [-0.25, -0.2) is 13.2 Å². The number of ether oxygens (including phenoxy) is 2. The SMILES string of the molecule is O=C(O)C(O)(NS(=O)(=O)c1cccc2ccccc12)Oc1cccc2c1OC1CCCC21. The van der Waals surface area contributed by atoms with Gasteiger partial charge in [-0.1, -0.05) is 48.5 Å². The Labute approximate surface area is 184 Å². The van der Waals surface area contributed by atoms with Crippen LogP contribution in [0.25, 0.3) is 10.8 Å². The van der Waals surface area contributed by atoms with Crippen LogP contribution in [0.4, 0.5) is 0 Å². The molecule has 2 aliphatic rings. The predicted octanol–water partition coefficient (Wildman–Crippen LogP) is 2.96. The molecule has 3 atom stereocenters. The lowest BCUT2D eigenvalue weighted by Crippen LogP contribution is -2.58. The maximum absolute atomic E-state index is 13.1. The van der Waals surface area contributed by atoms with E-state index in [4.69, 9.17) is 9.47 Å². The van der Waals surface area contributed by atoms with E-state index in [1.165, 1.54) is 18.2 Å². The lowest BCUT2D eigenvalue weighted by atomic mass is 9.97. The van der Waals surface area contributed by atoms with Crippen molar-refractivity contribution >= 4 is 26.8 Å². The third-order valence-corrected chi connectivity index (χ3v) is 7.47. The second-order valence-corrected chi connectivity index (χ2v) is 9.65. The van der Waals surface area contributed by atoms with Crippen molar-refractivity contribution in [1.82, 2.24) is 4.72 Å². The van der Waals surface area contributed by atoms with Gasteiger partial charge in [-0.3, -0.25) is 0 Å². The number of hydrogen-bond donors (Lipinski definition) is 3. The van der Waals surface area contributed by atoms with E-state index in [1.807, 2.05) is 10.8 Å². The van der Waals surface area contributed by atoms with Crippen LogP contribution in [0, 0.1) is 0 Å². The van der Waals surface area contributed by atoms with Crippen molar-refractivity contribution in [3.63, 3.8) is 0 Å². The summed E-state index contributed by atoms with van der Waals surface area (Å²) in [4.78, 5) is 11.8. The monoisotopic (exact) mass is 455 g/mol. The molecule has 0 bridgehead atoms. The van der Waals surface area contributed by atoms with Crippen molar-refractivity contribution < 1.29 is 32.9 Å². The number of carbonyl (C=O) groups is 1. The Morgan fingerprint density at radius 3 is 2.62 bits per heavy atom. The largest absolute Gasteiger partial charge is 0.486 e. The first kappa shape index (κ1) is 20.7. The van der Waals surface area contributed by atoms with Gasteiger partial charge in [0.1, 0.15) is 6.10 Å². The van der Waals surface area contributed by atoms with Gasteiger partial charge in [0, 0.05) is 16.9 Å². The summed E-state index contributed by atoms with van der Waals surface area (Å²) in [6.45, 7) is 0. The number of sulfonamides is 1. The van der Waals surface area contributed by atoms with Gasteiger partial charge in [0.15, 0.2) is 11.5 Å². The van der Waals surface area contributed by atoms with Crippen molar-refractivity contribution in [2.45, 2.75) is 42.1 Å². The second kappa shape index (κ2) is 7.47. The minimum absolute atomic E-state index is 0.0277. The molecule has 1 saturated carbocycles. The highest BCUT2D eigenvalue weighted by Crippen LogP contribution is 2.51. The quantitative estimate of drug-likeness (QED) is 0.489. The number of hydrogen-bond acceptors (Lipinski definition) is 6. The van der Waals surface area contributed by atoms with Gasteiger partial charge >= 0.3 is 11.9 Å². The molecule has 0 aromatic heterocycles. The highest BCUT2D eigenvalue weighted by atomic mass is 32.2. The van der Waals surface area contributed by atoms with E-state index in [2.05, 4.69) is 0 Å². The van der Waals surface area contributed by atoms with E-state index in [1.54, 1.807) is 36.4 Å². The lowest BCUT2D eigenvalue weighted by Gasteiger charge is -2.26. The highest BCUT2D eigenvalue weighted by molar-refractivity contribution is 7.89. The van der Waals surface area contributed by atoms with Gasteiger partial charge in [-0.15, -0.1) is 4.72 Å². The normalized spacial score (nSPS) is 21.4. The van der Waals surface area contributed by atoms with E-state index in [9.17, 15) is 23.4 Å². The lowest BCUT2D eigenvalue weighted by molar-refractivity contribution is -0.197. The number of nitrogens with one attached hydrogen (secondary N) is 1. The van der Waals surface area contributed by atoms with E-state index in [-0.39, 0.29) is 22.7 Å². The molecule has 3 N–H and O–H groups in total. The fraction of sp³-hybridized carbons (Fsp3) is 0.261. The van der Waals surface area contributed by atoms with Gasteiger partial charge in [0.2, 0.25) is 10.0 Å². The standard InChI is InChI=1S/C23H21NO7S/c25-22(26)23(27,24-32(28,29)20-13-3-7-14-6-1-2-8-15(14)20)31-19-12-5-10-17-16-9-4-11-18(16)30-21(17)19/h1-3,5-8,10,12-13,16,18,24,27H,4,9,11H2,(H,25,26). The Morgan fingerprint density at radius 2 is 1.81 bits per heavy atom. The van der Waals surface area contributed by atoms with E-state index in [0.29, 0.717) is 16.5 Å². The summed E-state index contributed by atoms with van der Waals surface area (Å²) in [5.41, 5.74) is 0.870. The molecular formula is C23H21NO7S. The fourth-order valence-electron chi connectivity index (χ4n) is 4.54. The number of rotatable bonds is 6. The van der Waals surface area contributed by atoms with Crippen LogP contribution in [0.15, 0.2) is 65.6 Å². The number of carboxylic acid groups (broad SMARTS) is 1. The zero-order valence-electron chi connectivity index (χ0n) is 16.9. The van der Waals surface area contributed by atoms with Gasteiger partial charge in [0.05, 0.1) is 4.90 Å². The average molecular weight is 455 g/mol. The van der Waals surface area contributed by atoms with Crippen LogP contribution >= 0.6 is 0 Å². The molecule has 0 spiro atoms. The molecule has 1 aliphatic heterocycles. The van der Waals surface area contributed by atoms with Crippen molar-refractivity contribution in [1.29, 1.82) is 0 Å². The van der Waals surface area contributed by atoms with E-state index in [0.717, 1.165) is 24.8 Å². The minimum atomic E-state index is -4.49. The van der Waals surface area contributed by atoms with Gasteiger partial charge in [-0.2, -0.15) is 0 Å². The van der Waals surface area contributed by atoms with Crippen LogP contribution in [0.1, 0.15) is 30.7 Å². The topological polar surface area (TPSA) is 122 Å². The molecule has 0 radical (unpaired) electrons. The molecule has 9 heteroatoms. The Kier molecular flexibility index (Phi) is 4.85. The molecule has 166 valence electrons. The zero-order valence-corrected chi connectivity index (χ0v) is 17.7. The molecule has 0 amide bonds. The molecule has 3 aromatic rings. The summed E-state index contributed by atoms with van der Waals surface area (Å²) in [6.07, 6.45) is 2.82. The number of aliphatic hydroxyl groups is 1. The molecule has 32 heavy (non-hydrogen) atoms. The average Bonchev–Trinajstić information content (AvgIpc) is 3.35. The van der Waals surface area contributed by atoms with Crippen LogP contribution < -0.4 is 14.2 Å². The molecule has 0 saturated heterocycles. The molecule has 8 nitrogen and oxygen atoms in total. The number of aliphatic carboxylic acids is 1. The van der Waals surface area contributed by atoms with E-state index >= 15 is 0 Å². The van der Waals surface area contributed by atoms with Crippen molar-refractivity contribution in [2.24, 2.45) is 0 Å². The number of para-hydroxylation sites is 1. The van der Waals surface area contributed by atoms with Crippen molar-refractivity contribution in [3.8, 4) is 11.5 Å². The number of carboxylic acids is 1. The van der Waals surface area contributed by atoms with Crippen LogP contribution in [-0.4, -0.2) is 36.6 Å². The number of benzene rings is 3. The highest BCUT2D eigenvalue weighted by Gasteiger charge is 2.46. The maximum Gasteiger partial charge on any atom is 0.395 e. The number of fused-ring (bicyclic) bond motifs is 4. The van der Waals surface area contributed by atoms with Crippen LogP contribution in [0.2, 0.25) is 0 Å². The third kappa shape index (κ3) is 3.38. The van der Waals surface area contributed by atoms with Crippen LogP contribution in [0.5, 0.6) is 11.5 Å². The molecule has 1 heterocycles. The van der Waals surface area contributed by atoms with Crippen molar-refractivity contribution in [3.05, 3.63) is 66.2 Å². The smallest absolute Gasteiger partial charge is 0.395 e. The van der Waals surface area contributed by atoms with Gasteiger partial charge in [-0.05, 0) is 36.8 Å². The first-order valence-corrected chi connectivity index (χ1v) is 11.7. The van der Waals surface area contributed by atoms with Gasteiger partial charge < -0.3 is 19.7 Å².